The van der Waals surface area contributed by atoms with Crippen LogP contribution in [0.15, 0.2) is 22.8 Å². The van der Waals surface area contributed by atoms with Crippen LogP contribution in [0.2, 0.25) is 0 Å². The number of aromatic nitrogens is 2. The van der Waals surface area contributed by atoms with Gasteiger partial charge in [0.25, 0.3) is 0 Å². The Kier molecular flexibility index (Phi) is 7.38. The summed E-state index contributed by atoms with van der Waals surface area (Å²) >= 11 is 0. The molecule has 6 N–H and O–H groups in total. The zero-order valence-corrected chi connectivity index (χ0v) is 19.0. The van der Waals surface area contributed by atoms with Crippen LogP contribution >= 0.6 is 0 Å². The molecule has 1 aromatic rings. The molecule has 5 unspecified atom stereocenters. The summed E-state index contributed by atoms with van der Waals surface area (Å²) in [6.45, 7) is 6.75. The Balaban J connectivity index is 1.85. The zero-order chi connectivity index (χ0) is 22.6. The number of ether oxygens (including phenoxy) is 2. The number of allylic oxidation sites excluding steroid dienone is 1. The van der Waals surface area contributed by atoms with Crippen LogP contribution in [0.25, 0.3) is 0 Å². The van der Waals surface area contributed by atoms with Gasteiger partial charge in [0.1, 0.15) is 12.4 Å². The predicted octanol–water partition coefficient (Wildman–Crippen LogP) is 2.34. The average molecular weight is 433 g/mol. The summed E-state index contributed by atoms with van der Waals surface area (Å²) in [6.07, 6.45) is 5.42. The molecule has 5 atom stereocenters. The summed E-state index contributed by atoms with van der Waals surface area (Å²) in [5.41, 5.74) is 11.6. The van der Waals surface area contributed by atoms with Gasteiger partial charge in [-0.2, -0.15) is 9.97 Å². The second kappa shape index (κ2) is 9.82. The third kappa shape index (κ3) is 6.54. The molecule has 1 heterocycles. The highest BCUT2D eigenvalue weighted by molar-refractivity contribution is 5.93. The molecule has 2 bridgehead atoms. The number of hydrogen-bond acceptors (Lipinski definition) is 8. The Morgan fingerprint density at radius 2 is 2.10 bits per heavy atom. The molecule has 172 valence electrons. The molecule has 2 saturated carbocycles. The first-order valence-corrected chi connectivity index (χ1v) is 10.9. The number of fused-ring (bicyclic) bond motifs is 2. The lowest BCUT2D eigenvalue weighted by Gasteiger charge is -2.49. The summed E-state index contributed by atoms with van der Waals surface area (Å²) in [4.78, 5) is 13.4. The summed E-state index contributed by atoms with van der Waals surface area (Å²) < 4.78 is 10.8. The van der Waals surface area contributed by atoms with Crippen LogP contribution in [0.5, 0.6) is 5.88 Å². The quantitative estimate of drug-likeness (QED) is 0.279. The van der Waals surface area contributed by atoms with Gasteiger partial charge in [-0.1, -0.05) is 6.92 Å². The first kappa shape index (κ1) is 23.3. The van der Waals surface area contributed by atoms with Crippen molar-refractivity contribution in [3.05, 3.63) is 17.8 Å². The van der Waals surface area contributed by atoms with Crippen molar-refractivity contribution in [2.45, 2.75) is 58.1 Å². The van der Waals surface area contributed by atoms with Crippen LogP contribution in [0.1, 0.15) is 46.5 Å². The van der Waals surface area contributed by atoms with E-state index in [-0.39, 0.29) is 11.9 Å². The molecule has 1 aromatic heterocycles. The Labute approximate surface area is 184 Å². The van der Waals surface area contributed by atoms with Crippen molar-refractivity contribution in [3.63, 3.8) is 0 Å². The van der Waals surface area contributed by atoms with Gasteiger partial charge in [0.05, 0.1) is 12.2 Å². The monoisotopic (exact) mass is 432 g/mol. The summed E-state index contributed by atoms with van der Waals surface area (Å²) in [5, 5.41) is 14.2. The van der Waals surface area contributed by atoms with Crippen LogP contribution in [-0.4, -0.2) is 52.9 Å². The van der Waals surface area contributed by atoms with E-state index in [4.69, 9.17) is 20.9 Å². The predicted molar refractivity (Wildman–Crippen MR) is 121 cm³/mol. The Morgan fingerprint density at radius 3 is 2.81 bits per heavy atom. The van der Waals surface area contributed by atoms with Gasteiger partial charge in [-0.25, -0.2) is 4.99 Å². The number of aliphatic hydroxyl groups is 1. The largest absolute Gasteiger partial charge is 0.475 e. The van der Waals surface area contributed by atoms with E-state index in [2.05, 4.69) is 27.2 Å². The smallest absolute Gasteiger partial charge is 0.228 e. The van der Waals surface area contributed by atoms with E-state index in [0.29, 0.717) is 54.3 Å². The number of nitrogens with zero attached hydrogens (tertiary/aromatic N) is 3. The van der Waals surface area contributed by atoms with Crippen LogP contribution in [-0.2, 0) is 4.74 Å². The molecule has 2 aliphatic carbocycles. The van der Waals surface area contributed by atoms with Crippen molar-refractivity contribution in [1.82, 2.24) is 9.97 Å². The molecule has 2 fully saturated rings. The van der Waals surface area contributed by atoms with Crippen molar-refractivity contribution in [2.75, 3.05) is 25.6 Å². The lowest BCUT2D eigenvalue weighted by atomic mass is 9.61. The molecule has 3 rings (SSSR count). The molecule has 0 aromatic carbocycles. The van der Waals surface area contributed by atoms with Gasteiger partial charge in [-0.05, 0) is 63.4 Å². The highest BCUT2D eigenvalue weighted by Crippen LogP contribution is 2.47. The van der Waals surface area contributed by atoms with Gasteiger partial charge in [-0.3, -0.25) is 0 Å². The molecule has 0 spiro atoms. The van der Waals surface area contributed by atoms with Crippen LogP contribution in [0.4, 0.5) is 11.8 Å². The van der Waals surface area contributed by atoms with Gasteiger partial charge in [0.15, 0.2) is 5.82 Å². The van der Waals surface area contributed by atoms with Crippen LogP contribution < -0.4 is 21.5 Å². The van der Waals surface area contributed by atoms with Gasteiger partial charge in [0, 0.05) is 24.9 Å². The van der Waals surface area contributed by atoms with E-state index >= 15 is 0 Å². The lowest BCUT2D eigenvalue weighted by molar-refractivity contribution is -0.0502. The normalized spacial score (nSPS) is 31.4. The topological polar surface area (TPSA) is 141 Å². The highest BCUT2D eigenvalue weighted by atomic mass is 16.5. The number of nitrogens with one attached hydrogen (secondary N) is 1. The van der Waals surface area contributed by atoms with Crippen LogP contribution in [0.3, 0.4) is 0 Å². The average Bonchev–Trinajstić information content (AvgIpc) is 2.63. The minimum Gasteiger partial charge on any atom is -0.475 e. The first-order valence-electron chi connectivity index (χ1n) is 10.9. The number of nitrogens with two attached hydrogens (primary N) is 2. The fourth-order valence-electron chi connectivity index (χ4n) is 5.10. The Hall–Kier alpha value is -2.39. The van der Waals surface area contributed by atoms with Gasteiger partial charge < -0.3 is 31.4 Å². The third-order valence-corrected chi connectivity index (χ3v) is 6.03. The fraction of sp³-hybridized carbons (Fsp3) is 0.682. The third-order valence-electron chi connectivity index (χ3n) is 6.03. The van der Waals surface area contributed by atoms with Crippen molar-refractivity contribution >= 4 is 17.6 Å². The van der Waals surface area contributed by atoms with Crippen molar-refractivity contribution in [3.8, 4) is 5.88 Å². The summed E-state index contributed by atoms with van der Waals surface area (Å²) in [7, 11) is 1.62. The maximum atomic E-state index is 10.7. The molecule has 9 heteroatoms. The molecule has 0 aliphatic heterocycles. The van der Waals surface area contributed by atoms with Crippen LogP contribution in [0, 0.1) is 17.8 Å². The van der Waals surface area contributed by atoms with Gasteiger partial charge in [0.2, 0.25) is 11.8 Å². The molecular formula is C22H36N6O3. The van der Waals surface area contributed by atoms with E-state index in [9.17, 15) is 5.11 Å². The van der Waals surface area contributed by atoms with Gasteiger partial charge in [-0.15, -0.1) is 0 Å². The fourth-order valence-corrected chi connectivity index (χ4v) is 5.10. The molecule has 0 saturated heterocycles. The molecule has 31 heavy (non-hydrogen) atoms. The minimum atomic E-state index is -0.615. The number of aliphatic imine (C=N–C) groups is 1. The van der Waals surface area contributed by atoms with Crippen molar-refractivity contribution in [1.29, 1.82) is 0 Å². The number of amidine groups is 1. The maximum Gasteiger partial charge on any atom is 0.228 e. The van der Waals surface area contributed by atoms with E-state index in [0.717, 1.165) is 25.7 Å². The Morgan fingerprint density at radius 1 is 1.32 bits per heavy atom. The molecule has 0 amide bonds. The minimum absolute atomic E-state index is 0.164. The van der Waals surface area contributed by atoms with E-state index in [1.165, 1.54) is 0 Å². The van der Waals surface area contributed by atoms with E-state index < -0.39 is 5.60 Å². The summed E-state index contributed by atoms with van der Waals surface area (Å²) in [5.74, 6) is 2.85. The molecular weight excluding hydrogens is 396 g/mol. The lowest BCUT2D eigenvalue weighted by Crippen LogP contribution is -2.50. The number of hydrogen-bond donors (Lipinski definition) is 4. The maximum absolute atomic E-state index is 10.7. The Bertz CT molecular complexity index is 819. The second-order valence-corrected chi connectivity index (χ2v) is 9.30. The van der Waals surface area contributed by atoms with Crippen molar-refractivity contribution in [2.24, 2.45) is 34.2 Å². The van der Waals surface area contributed by atoms with Gasteiger partial charge >= 0.3 is 0 Å². The van der Waals surface area contributed by atoms with E-state index in [1.807, 2.05) is 6.92 Å². The highest BCUT2D eigenvalue weighted by Gasteiger charge is 2.45. The summed E-state index contributed by atoms with van der Waals surface area (Å²) in [6, 6.07) is 1.80. The number of methoxy groups -OCH3 is 1. The SMILES string of the molecule is COCCOc1cc(N=C(N)/C=C(/C)N)nc(NC2C(C)CC3CC2CC(C)(O)C3)n1. The van der Waals surface area contributed by atoms with E-state index in [1.54, 1.807) is 26.2 Å². The number of anilines is 1. The van der Waals surface area contributed by atoms with Crippen molar-refractivity contribution < 1.29 is 14.6 Å². The molecule has 0 radical (unpaired) electrons. The zero-order valence-electron chi connectivity index (χ0n) is 19.0. The molecule has 9 nitrogen and oxygen atoms in total. The second-order valence-electron chi connectivity index (χ2n) is 9.30. The molecule has 2 aliphatic rings. The first-order chi connectivity index (χ1) is 14.6. The standard InChI is InChI=1S/C22H36N6O3/c1-13-7-15-9-16(12-22(3,29)11-15)20(13)28-21-26-18(25-17(24)8-14(2)23)10-19(27-21)31-6-5-30-4/h8,10,13,15-16,20,29H,5-7,9,11-12,23H2,1-4H3,(H3,24,25,26,27,28)/b14-8-. The number of rotatable bonds is 8.